The summed E-state index contributed by atoms with van der Waals surface area (Å²) in [7, 11) is -3.72. The van der Waals surface area contributed by atoms with Crippen molar-refractivity contribution in [3.63, 3.8) is 0 Å². The molecule has 2 rings (SSSR count). The first-order valence-corrected chi connectivity index (χ1v) is 10.6. The van der Waals surface area contributed by atoms with Crippen LogP contribution in [0.2, 0.25) is 0 Å². The number of esters is 1. The highest BCUT2D eigenvalue weighted by Gasteiger charge is 2.21. The highest BCUT2D eigenvalue weighted by molar-refractivity contribution is 8.18. The predicted molar refractivity (Wildman–Crippen MR) is 104 cm³/mol. The van der Waals surface area contributed by atoms with Crippen molar-refractivity contribution in [2.75, 3.05) is 12.4 Å². The van der Waals surface area contributed by atoms with Gasteiger partial charge in [0.1, 0.15) is 11.1 Å². The molecule has 1 aliphatic heterocycles. The zero-order chi connectivity index (χ0) is 19.9. The molecule has 0 aliphatic carbocycles. The number of benzene rings is 1. The number of carbonyl (C=O) groups is 1. The molecule has 7 nitrogen and oxygen atoms in total. The van der Waals surface area contributed by atoms with Crippen LogP contribution in [0.15, 0.2) is 46.5 Å². The Kier molecular flexibility index (Phi) is 7.21. The monoisotopic (exact) mass is 406 g/mol. The SMILES string of the molecule is CCCS(=O)(=O)O/N=C1C=C/C(=C(\C#N)c2ccccc2C(=O)OCC)S\1. The van der Waals surface area contributed by atoms with Gasteiger partial charge in [-0.1, -0.05) is 42.0 Å². The minimum Gasteiger partial charge on any atom is -0.462 e. The average Bonchev–Trinajstić information content (AvgIpc) is 3.10. The molecule has 0 aromatic heterocycles. The second-order valence-corrected chi connectivity index (χ2v) is 8.05. The summed E-state index contributed by atoms with van der Waals surface area (Å²) in [5.74, 6) is -0.645. The van der Waals surface area contributed by atoms with Gasteiger partial charge in [-0.3, -0.25) is 4.28 Å². The lowest BCUT2D eigenvalue weighted by Gasteiger charge is -2.09. The number of oxime groups is 1. The summed E-state index contributed by atoms with van der Waals surface area (Å²) in [5, 5.41) is 13.5. The van der Waals surface area contributed by atoms with Crippen molar-refractivity contribution in [2.45, 2.75) is 20.3 Å². The summed E-state index contributed by atoms with van der Waals surface area (Å²) in [6, 6.07) is 8.74. The van der Waals surface area contributed by atoms with Crippen molar-refractivity contribution in [1.82, 2.24) is 0 Å². The molecule has 0 fully saturated rings. The van der Waals surface area contributed by atoms with Crippen LogP contribution in [-0.2, 0) is 19.1 Å². The molecule has 27 heavy (non-hydrogen) atoms. The van der Waals surface area contributed by atoms with Crippen LogP contribution in [0.25, 0.3) is 5.57 Å². The fraction of sp³-hybridized carbons (Fsp3) is 0.278. The fourth-order valence-corrected chi connectivity index (χ4v) is 3.87. The van der Waals surface area contributed by atoms with Gasteiger partial charge in [0.2, 0.25) is 0 Å². The van der Waals surface area contributed by atoms with Crippen molar-refractivity contribution in [1.29, 1.82) is 5.26 Å². The Balaban J connectivity index is 2.32. The highest BCUT2D eigenvalue weighted by atomic mass is 32.2. The van der Waals surface area contributed by atoms with Gasteiger partial charge in [0, 0.05) is 10.5 Å². The van der Waals surface area contributed by atoms with Crippen molar-refractivity contribution in [3.05, 3.63) is 52.4 Å². The molecule has 0 bridgehead atoms. The van der Waals surface area contributed by atoms with E-state index in [4.69, 9.17) is 4.74 Å². The van der Waals surface area contributed by atoms with Gasteiger partial charge in [-0.05, 0) is 31.6 Å². The summed E-state index contributed by atoms with van der Waals surface area (Å²) in [4.78, 5) is 12.7. The Labute approximate surface area is 162 Å². The second-order valence-electron chi connectivity index (χ2n) is 5.32. The maximum atomic E-state index is 12.2. The lowest BCUT2D eigenvalue weighted by atomic mass is 10.00. The third kappa shape index (κ3) is 5.45. The van der Waals surface area contributed by atoms with Gasteiger partial charge in [0.25, 0.3) is 0 Å². The van der Waals surface area contributed by atoms with Crippen molar-refractivity contribution < 1.29 is 22.2 Å². The summed E-state index contributed by atoms with van der Waals surface area (Å²) in [6.07, 6.45) is 3.59. The summed E-state index contributed by atoms with van der Waals surface area (Å²) < 4.78 is 32.8. The molecule has 1 aromatic rings. The molecule has 0 spiro atoms. The zero-order valence-corrected chi connectivity index (χ0v) is 16.5. The molecule has 0 amide bonds. The number of nitrogens with zero attached hydrogens (tertiary/aromatic N) is 2. The van der Waals surface area contributed by atoms with Crippen LogP contribution >= 0.6 is 11.8 Å². The number of thioether (sulfide) groups is 1. The van der Waals surface area contributed by atoms with Crippen molar-refractivity contribution in [2.24, 2.45) is 5.16 Å². The maximum absolute atomic E-state index is 12.2. The van der Waals surface area contributed by atoms with Crippen LogP contribution < -0.4 is 0 Å². The Morgan fingerprint density at radius 2 is 1.93 bits per heavy atom. The van der Waals surface area contributed by atoms with E-state index in [2.05, 4.69) is 15.5 Å². The molecule has 0 unspecified atom stereocenters. The second kappa shape index (κ2) is 9.39. The minimum atomic E-state index is -3.72. The lowest BCUT2D eigenvalue weighted by molar-refractivity contribution is 0.0526. The fourth-order valence-electron chi connectivity index (χ4n) is 2.23. The first-order chi connectivity index (χ1) is 12.9. The molecule has 0 atom stereocenters. The molecule has 0 saturated heterocycles. The first-order valence-electron chi connectivity index (χ1n) is 8.18. The van der Waals surface area contributed by atoms with E-state index < -0.39 is 16.1 Å². The van der Waals surface area contributed by atoms with Gasteiger partial charge < -0.3 is 4.74 Å². The molecular weight excluding hydrogens is 388 g/mol. The average molecular weight is 406 g/mol. The smallest absolute Gasteiger partial charge is 0.338 e. The van der Waals surface area contributed by atoms with Crippen LogP contribution in [0.4, 0.5) is 0 Å². The molecule has 9 heteroatoms. The van der Waals surface area contributed by atoms with Crippen LogP contribution in [-0.4, -0.2) is 31.8 Å². The molecule has 1 aromatic carbocycles. The maximum Gasteiger partial charge on any atom is 0.338 e. The number of hydrogen-bond acceptors (Lipinski definition) is 8. The molecule has 0 N–H and O–H groups in total. The lowest BCUT2D eigenvalue weighted by Crippen LogP contribution is -2.08. The summed E-state index contributed by atoms with van der Waals surface area (Å²) in [5.41, 5.74) is 0.984. The largest absolute Gasteiger partial charge is 0.462 e. The van der Waals surface area contributed by atoms with Gasteiger partial charge in [0.05, 0.1) is 23.5 Å². The Bertz CT molecular complexity index is 956. The van der Waals surface area contributed by atoms with Gasteiger partial charge in [0.15, 0.2) is 0 Å². The van der Waals surface area contributed by atoms with E-state index in [1.165, 1.54) is 0 Å². The normalized spacial score (nSPS) is 16.9. The number of rotatable bonds is 7. The molecule has 0 saturated carbocycles. The van der Waals surface area contributed by atoms with Gasteiger partial charge in [-0.15, -0.1) is 0 Å². The molecule has 1 heterocycles. The molecule has 142 valence electrons. The Hall–Kier alpha value is -2.57. The molecular formula is C18H18N2O5S2. The van der Waals surface area contributed by atoms with E-state index in [1.54, 1.807) is 50.3 Å². The van der Waals surface area contributed by atoms with Gasteiger partial charge >= 0.3 is 16.1 Å². The first kappa shape index (κ1) is 20.7. The van der Waals surface area contributed by atoms with Crippen LogP contribution in [0.5, 0.6) is 0 Å². The molecule has 0 radical (unpaired) electrons. The number of allylic oxidation sites excluding steroid dienone is 2. The Morgan fingerprint density at radius 3 is 2.56 bits per heavy atom. The van der Waals surface area contributed by atoms with E-state index in [9.17, 15) is 18.5 Å². The summed E-state index contributed by atoms with van der Waals surface area (Å²) in [6.45, 7) is 3.65. The highest BCUT2D eigenvalue weighted by Crippen LogP contribution is 2.35. The van der Waals surface area contributed by atoms with E-state index in [1.807, 2.05) is 0 Å². The number of ether oxygens (including phenoxy) is 1. The van der Waals surface area contributed by atoms with E-state index >= 15 is 0 Å². The predicted octanol–water partition coefficient (Wildman–Crippen LogP) is 3.47. The van der Waals surface area contributed by atoms with Crippen LogP contribution in [0, 0.1) is 11.3 Å². The standard InChI is InChI=1S/C18H18N2O5S2/c1-3-11-27(22,23)25-20-17-10-9-16(26-17)15(12-19)13-7-5-6-8-14(13)18(21)24-4-2/h5-10H,3-4,11H2,1-2H3/b16-15-,20-17+. The van der Waals surface area contributed by atoms with Gasteiger partial charge in [-0.2, -0.15) is 13.7 Å². The van der Waals surface area contributed by atoms with E-state index in [-0.39, 0.29) is 23.5 Å². The molecule has 1 aliphatic rings. The number of carbonyl (C=O) groups excluding carboxylic acids is 1. The van der Waals surface area contributed by atoms with Crippen molar-refractivity contribution >= 4 is 38.5 Å². The number of hydrogen-bond donors (Lipinski definition) is 0. The summed E-state index contributed by atoms with van der Waals surface area (Å²) >= 11 is 1.09. The van der Waals surface area contributed by atoms with E-state index in [0.717, 1.165) is 11.8 Å². The van der Waals surface area contributed by atoms with Crippen LogP contribution in [0.3, 0.4) is 0 Å². The number of nitriles is 1. The van der Waals surface area contributed by atoms with Crippen molar-refractivity contribution in [3.8, 4) is 6.07 Å². The van der Waals surface area contributed by atoms with E-state index in [0.29, 0.717) is 21.9 Å². The van der Waals surface area contributed by atoms with Crippen LogP contribution in [0.1, 0.15) is 36.2 Å². The third-order valence-corrected chi connectivity index (χ3v) is 5.53. The van der Waals surface area contributed by atoms with Gasteiger partial charge in [-0.25, -0.2) is 4.79 Å². The minimum absolute atomic E-state index is 0.128. The Morgan fingerprint density at radius 1 is 1.22 bits per heavy atom. The quantitative estimate of drug-likeness (QED) is 0.388. The topological polar surface area (TPSA) is 106 Å². The zero-order valence-electron chi connectivity index (χ0n) is 14.8. The third-order valence-electron chi connectivity index (χ3n) is 3.34.